The van der Waals surface area contributed by atoms with Gasteiger partial charge in [-0.2, -0.15) is 0 Å². The molecule has 6 heteroatoms. The fourth-order valence-corrected chi connectivity index (χ4v) is 3.24. The van der Waals surface area contributed by atoms with E-state index in [1.807, 2.05) is 37.3 Å². The van der Waals surface area contributed by atoms with Crippen molar-refractivity contribution < 1.29 is 9.50 Å². The number of phenols is 1. The summed E-state index contributed by atoms with van der Waals surface area (Å²) >= 11 is 0. The number of anilines is 1. The smallest absolute Gasteiger partial charge is 0.165 e. The summed E-state index contributed by atoms with van der Waals surface area (Å²) < 4.78 is 13.3. The number of rotatable bonds is 6. The average Bonchev–Trinajstić information content (AvgIpc) is 2.78. The summed E-state index contributed by atoms with van der Waals surface area (Å²) in [5.41, 5.74) is 9.00. The van der Waals surface area contributed by atoms with Crippen molar-refractivity contribution in [2.45, 2.75) is 19.4 Å². The summed E-state index contributed by atoms with van der Waals surface area (Å²) in [6, 6.07) is 19.1. The minimum Gasteiger partial charge on any atom is -0.507 e. The molecule has 0 aliphatic rings. The molecule has 5 nitrogen and oxygen atoms in total. The van der Waals surface area contributed by atoms with Gasteiger partial charge in [0.05, 0.1) is 11.1 Å². The van der Waals surface area contributed by atoms with E-state index in [4.69, 9.17) is 5.73 Å². The number of benzene rings is 3. The van der Waals surface area contributed by atoms with E-state index in [0.29, 0.717) is 23.8 Å². The fourth-order valence-electron chi connectivity index (χ4n) is 3.24. The summed E-state index contributed by atoms with van der Waals surface area (Å²) in [4.78, 5) is 9.35. The van der Waals surface area contributed by atoms with Gasteiger partial charge in [-0.25, -0.2) is 14.4 Å². The molecule has 4 N–H and O–H groups in total. The zero-order valence-corrected chi connectivity index (χ0v) is 16.6. The quantitative estimate of drug-likeness (QED) is 0.425. The molecule has 0 saturated heterocycles. The van der Waals surface area contributed by atoms with E-state index in [1.165, 1.54) is 12.1 Å². The van der Waals surface area contributed by atoms with Crippen LogP contribution in [-0.4, -0.2) is 27.7 Å². The lowest BCUT2D eigenvalue weighted by Crippen LogP contribution is -2.28. The summed E-state index contributed by atoms with van der Waals surface area (Å²) in [5.74, 6) is 0.859. The maximum Gasteiger partial charge on any atom is 0.165 e. The predicted octanol–water partition coefficient (Wildman–Crippen LogP) is 4.96. The number of phenolic OH excluding ortho intramolecular Hbond substituents is 1. The number of nitrogens with zero attached hydrogens (tertiary/aromatic N) is 2. The van der Waals surface area contributed by atoms with E-state index in [-0.39, 0.29) is 17.6 Å². The summed E-state index contributed by atoms with van der Waals surface area (Å²) in [5, 5.41) is 14.7. The number of hydrogen-bond acceptors (Lipinski definition) is 5. The van der Waals surface area contributed by atoms with Crippen LogP contribution in [-0.2, 0) is 0 Å². The first kappa shape index (κ1) is 19.8. The SMILES string of the molecule is CC[C@H](N)CNc1nc(-c2cc(-c3ccc(F)cc3)ccc2O)nc2ccccc12. The third-order valence-electron chi connectivity index (χ3n) is 5.07. The van der Waals surface area contributed by atoms with Crippen molar-refractivity contribution in [1.29, 1.82) is 0 Å². The summed E-state index contributed by atoms with van der Waals surface area (Å²) in [6.45, 7) is 2.62. The lowest BCUT2D eigenvalue weighted by Gasteiger charge is -2.14. The van der Waals surface area contributed by atoms with Gasteiger partial charge in [-0.3, -0.25) is 0 Å². The van der Waals surface area contributed by atoms with Crippen LogP contribution in [0.15, 0.2) is 66.7 Å². The van der Waals surface area contributed by atoms with Gasteiger partial charge < -0.3 is 16.2 Å². The summed E-state index contributed by atoms with van der Waals surface area (Å²) in [7, 11) is 0. The highest BCUT2D eigenvalue weighted by molar-refractivity contribution is 5.91. The maximum absolute atomic E-state index is 13.3. The van der Waals surface area contributed by atoms with E-state index in [0.717, 1.165) is 28.5 Å². The Morgan fingerprint density at radius 2 is 1.73 bits per heavy atom. The van der Waals surface area contributed by atoms with Crippen LogP contribution < -0.4 is 11.1 Å². The number of hydrogen-bond donors (Lipinski definition) is 3. The van der Waals surface area contributed by atoms with E-state index in [1.54, 1.807) is 24.3 Å². The normalized spacial score (nSPS) is 12.1. The third-order valence-corrected chi connectivity index (χ3v) is 5.07. The van der Waals surface area contributed by atoms with Crippen molar-refractivity contribution in [3.05, 3.63) is 72.5 Å². The van der Waals surface area contributed by atoms with Gasteiger partial charge in [0.25, 0.3) is 0 Å². The molecule has 0 bridgehead atoms. The monoisotopic (exact) mass is 402 g/mol. The second kappa shape index (κ2) is 8.47. The first-order valence-corrected chi connectivity index (χ1v) is 9.90. The Bertz CT molecular complexity index is 1180. The number of nitrogens with two attached hydrogens (primary N) is 1. The zero-order valence-electron chi connectivity index (χ0n) is 16.6. The minimum atomic E-state index is -0.295. The van der Waals surface area contributed by atoms with Crippen LogP contribution >= 0.6 is 0 Å². The Kier molecular flexibility index (Phi) is 5.59. The van der Waals surface area contributed by atoms with Crippen LogP contribution in [0.2, 0.25) is 0 Å². The highest BCUT2D eigenvalue weighted by Crippen LogP contribution is 2.34. The standard InChI is InChI=1S/C24H23FN4O/c1-2-18(26)14-27-23-19-5-3-4-6-21(19)28-24(29-23)20-13-16(9-12-22(20)30)15-7-10-17(25)11-8-15/h3-13,18,30H,2,14,26H2,1H3,(H,27,28,29)/t18-/m0/s1. The Hall–Kier alpha value is -3.51. The minimum absolute atomic E-state index is 0.0115. The van der Waals surface area contributed by atoms with Crippen LogP contribution in [0, 0.1) is 5.82 Å². The van der Waals surface area contributed by atoms with Crippen molar-refractivity contribution >= 4 is 16.7 Å². The molecule has 3 aromatic carbocycles. The van der Waals surface area contributed by atoms with Crippen molar-refractivity contribution in [1.82, 2.24) is 9.97 Å². The highest BCUT2D eigenvalue weighted by Gasteiger charge is 2.14. The van der Waals surface area contributed by atoms with E-state index < -0.39 is 0 Å². The molecule has 4 aromatic rings. The van der Waals surface area contributed by atoms with Gasteiger partial charge in [0.2, 0.25) is 0 Å². The molecule has 0 unspecified atom stereocenters. The van der Waals surface area contributed by atoms with Crippen LogP contribution in [0.3, 0.4) is 0 Å². The molecule has 0 radical (unpaired) electrons. The second-order valence-corrected chi connectivity index (χ2v) is 7.20. The van der Waals surface area contributed by atoms with E-state index in [9.17, 15) is 9.50 Å². The van der Waals surface area contributed by atoms with Crippen LogP contribution in [0.5, 0.6) is 5.75 Å². The molecule has 152 valence electrons. The molecule has 0 fully saturated rings. The molecule has 1 atom stereocenters. The Morgan fingerprint density at radius 1 is 1.00 bits per heavy atom. The number of para-hydroxylation sites is 1. The van der Waals surface area contributed by atoms with Gasteiger partial charge in [0.15, 0.2) is 5.82 Å². The molecule has 4 rings (SSSR count). The Morgan fingerprint density at radius 3 is 2.50 bits per heavy atom. The number of nitrogens with one attached hydrogen (secondary N) is 1. The molecule has 1 heterocycles. The molecule has 0 aliphatic heterocycles. The summed E-state index contributed by atoms with van der Waals surface area (Å²) in [6.07, 6.45) is 0.851. The van der Waals surface area contributed by atoms with Crippen LogP contribution in [0.25, 0.3) is 33.4 Å². The number of fused-ring (bicyclic) bond motifs is 1. The van der Waals surface area contributed by atoms with E-state index >= 15 is 0 Å². The topological polar surface area (TPSA) is 84.1 Å². The van der Waals surface area contributed by atoms with Crippen molar-refractivity contribution in [3.8, 4) is 28.3 Å². The number of aromatic hydroxyl groups is 1. The Balaban J connectivity index is 1.80. The van der Waals surface area contributed by atoms with Crippen molar-refractivity contribution in [2.75, 3.05) is 11.9 Å². The van der Waals surface area contributed by atoms with Crippen LogP contribution in [0.1, 0.15) is 13.3 Å². The van der Waals surface area contributed by atoms with Gasteiger partial charge in [-0.1, -0.05) is 37.3 Å². The lowest BCUT2D eigenvalue weighted by atomic mass is 10.0. The molecular weight excluding hydrogens is 379 g/mol. The van der Waals surface area contributed by atoms with Crippen LogP contribution in [0.4, 0.5) is 10.2 Å². The lowest BCUT2D eigenvalue weighted by molar-refractivity contribution is 0.477. The van der Waals surface area contributed by atoms with Gasteiger partial charge in [0, 0.05) is 18.0 Å². The van der Waals surface area contributed by atoms with Crippen molar-refractivity contribution in [3.63, 3.8) is 0 Å². The van der Waals surface area contributed by atoms with Gasteiger partial charge >= 0.3 is 0 Å². The van der Waals surface area contributed by atoms with Gasteiger partial charge in [0.1, 0.15) is 17.4 Å². The number of aromatic nitrogens is 2. The Labute approximate surface area is 174 Å². The highest BCUT2D eigenvalue weighted by atomic mass is 19.1. The molecule has 0 saturated carbocycles. The molecule has 0 amide bonds. The molecule has 1 aromatic heterocycles. The molecule has 0 aliphatic carbocycles. The average molecular weight is 402 g/mol. The molecular formula is C24H23FN4O. The first-order chi connectivity index (χ1) is 14.5. The second-order valence-electron chi connectivity index (χ2n) is 7.20. The maximum atomic E-state index is 13.3. The molecule has 0 spiro atoms. The van der Waals surface area contributed by atoms with Crippen molar-refractivity contribution in [2.24, 2.45) is 5.73 Å². The predicted molar refractivity (Wildman–Crippen MR) is 119 cm³/mol. The van der Waals surface area contributed by atoms with E-state index in [2.05, 4.69) is 15.3 Å². The number of halogens is 1. The first-order valence-electron chi connectivity index (χ1n) is 9.90. The zero-order chi connectivity index (χ0) is 21.1. The third kappa shape index (κ3) is 4.09. The molecule has 30 heavy (non-hydrogen) atoms. The fraction of sp³-hybridized carbons (Fsp3) is 0.167. The largest absolute Gasteiger partial charge is 0.507 e. The van der Waals surface area contributed by atoms with Gasteiger partial charge in [-0.05, 0) is 53.9 Å². The van der Waals surface area contributed by atoms with Gasteiger partial charge in [-0.15, -0.1) is 0 Å².